The lowest BCUT2D eigenvalue weighted by molar-refractivity contribution is -0.126. The number of carbonyl (C=O) groups is 1. The van der Waals surface area contributed by atoms with E-state index in [9.17, 15) is 4.79 Å². The van der Waals surface area contributed by atoms with Crippen LogP contribution in [0.2, 0.25) is 0 Å². The monoisotopic (exact) mass is 267 g/mol. The van der Waals surface area contributed by atoms with E-state index in [2.05, 4.69) is 12.2 Å². The van der Waals surface area contributed by atoms with Crippen molar-refractivity contribution in [2.24, 2.45) is 5.92 Å². The molecule has 0 saturated carbocycles. The third-order valence-electron chi connectivity index (χ3n) is 4.31. The van der Waals surface area contributed by atoms with Gasteiger partial charge in [0.2, 0.25) is 5.91 Å². The Morgan fingerprint density at radius 2 is 1.53 bits per heavy atom. The van der Waals surface area contributed by atoms with Crippen LogP contribution in [-0.2, 0) is 4.79 Å². The summed E-state index contributed by atoms with van der Waals surface area (Å²) in [7, 11) is 0. The van der Waals surface area contributed by atoms with Crippen LogP contribution in [0.1, 0.15) is 90.4 Å². The molecule has 19 heavy (non-hydrogen) atoms. The molecule has 1 unspecified atom stereocenters. The van der Waals surface area contributed by atoms with Crippen molar-refractivity contribution in [3.05, 3.63) is 0 Å². The normalized spacial score (nSPS) is 19.4. The summed E-state index contributed by atoms with van der Waals surface area (Å²) in [6.07, 6.45) is 17.2. The summed E-state index contributed by atoms with van der Waals surface area (Å²) >= 11 is 0. The topological polar surface area (TPSA) is 29.1 Å². The lowest BCUT2D eigenvalue weighted by Gasteiger charge is -2.21. The van der Waals surface area contributed by atoms with Gasteiger partial charge in [-0.15, -0.1) is 0 Å². The lowest BCUT2D eigenvalue weighted by Crippen LogP contribution is -2.36. The summed E-state index contributed by atoms with van der Waals surface area (Å²) < 4.78 is 0. The van der Waals surface area contributed by atoms with Crippen LogP contribution < -0.4 is 5.32 Å². The minimum absolute atomic E-state index is 0.308. The van der Waals surface area contributed by atoms with Crippen LogP contribution in [0.4, 0.5) is 0 Å². The SMILES string of the molecule is CCCCCCCCCCCCC1CCCNC1=O. The van der Waals surface area contributed by atoms with Crippen LogP contribution in [0.3, 0.4) is 0 Å². The molecule has 0 aliphatic carbocycles. The maximum atomic E-state index is 11.6. The number of piperidine rings is 1. The van der Waals surface area contributed by atoms with Crippen molar-refractivity contribution in [2.45, 2.75) is 90.4 Å². The van der Waals surface area contributed by atoms with E-state index in [0.717, 1.165) is 19.4 Å². The number of carbonyl (C=O) groups excluding carboxylic acids is 1. The van der Waals surface area contributed by atoms with Crippen molar-refractivity contribution in [1.82, 2.24) is 5.32 Å². The highest BCUT2D eigenvalue weighted by atomic mass is 16.1. The first-order chi connectivity index (χ1) is 9.34. The van der Waals surface area contributed by atoms with Gasteiger partial charge in [-0.2, -0.15) is 0 Å². The quantitative estimate of drug-likeness (QED) is 0.534. The van der Waals surface area contributed by atoms with Gasteiger partial charge in [0.25, 0.3) is 0 Å². The first-order valence-corrected chi connectivity index (χ1v) is 8.62. The van der Waals surface area contributed by atoms with E-state index in [1.54, 1.807) is 0 Å². The van der Waals surface area contributed by atoms with Gasteiger partial charge in [-0.25, -0.2) is 0 Å². The van der Waals surface area contributed by atoms with E-state index in [4.69, 9.17) is 0 Å². The second kappa shape index (κ2) is 11.3. The summed E-state index contributed by atoms with van der Waals surface area (Å²) in [6.45, 7) is 3.17. The number of hydrogen-bond acceptors (Lipinski definition) is 1. The molecule has 1 aliphatic heterocycles. The van der Waals surface area contributed by atoms with Gasteiger partial charge in [0.05, 0.1) is 0 Å². The number of rotatable bonds is 11. The predicted molar refractivity (Wildman–Crippen MR) is 82.2 cm³/mol. The Kier molecular flexibility index (Phi) is 9.84. The van der Waals surface area contributed by atoms with Crippen molar-refractivity contribution in [2.75, 3.05) is 6.54 Å². The van der Waals surface area contributed by atoms with Crippen molar-refractivity contribution in [3.8, 4) is 0 Å². The molecule has 1 atom stereocenters. The summed E-state index contributed by atoms with van der Waals surface area (Å²) in [5.41, 5.74) is 0. The zero-order chi connectivity index (χ0) is 13.8. The fraction of sp³-hybridized carbons (Fsp3) is 0.941. The first kappa shape index (κ1) is 16.5. The van der Waals surface area contributed by atoms with Gasteiger partial charge in [-0.3, -0.25) is 4.79 Å². The summed E-state index contributed by atoms with van der Waals surface area (Å²) in [4.78, 5) is 11.6. The summed E-state index contributed by atoms with van der Waals surface area (Å²) in [6, 6.07) is 0. The van der Waals surface area contributed by atoms with Crippen molar-refractivity contribution < 1.29 is 4.79 Å². The molecular formula is C17H33NO. The van der Waals surface area contributed by atoms with Gasteiger partial charge in [0, 0.05) is 12.5 Å². The number of hydrogen-bond donors (Lipinski definition) is 1. The highest BCUT2D eigenvalue weighted by Gasteiger charge is 2.20. The maximum absolute atomic E-state index is 11.6. The summed E-state index contributed by atoms with van der Waals surface area (Å²) in [5, 5.41) is 2.98. The Labute approximate surface area is 119 Å². The predicted octanol–water partition coefficient (Wildman–Crippen LogP) is 4.82. The highest BCUT2D eigenvalue weighted by molar-refractivity contribution is 5.79. The van der Waals surface area contributed by atoms with Crippen LogP contribution in [0.25, 0.3) is 0 Å². The van der Waals surface area contributed by atoms with E-state index < -0.39 is 0 Å². The first-order valence-electron chi connectivity index (χ1n) is 8.62. The third kappa shape index (κ3) is 8.28. The van der Waals surface area contributed by atoms with Crippen LogP contribution in [-0.4, -0.2) is 12.5 Å². The van der Waals surface area contributed by atoms with E-state index in [0.29, 0.717) is 11.8 Å². The Balaban J connectivity index is 1.82. The molecule has 2 nitrogen and oxygen atoms in total. The Morgan fingerprint density at radius 1 is 0.947 bits per heavy atom. The fourth-order valence-electron chi connectivity index (χ4n) is 2.99. The zero-order valence-corrected chi connectivity index (χ0v) is 12.9. The smallest absolute Gasteiger partial charge is 0.223 e. The standard InChI is InChI=1S/C17H33NO/c1-2-3-4-5-6-7-8-9-10-11-13-16-14-12-15-18-17(16)19/h16H,2-15H2,1H3,(H,18,19). The Morgan fingerprint density at radius 3 is 2.11 bits per heavy atom. The second-order valence-corrected chi connectivity index (χ2v) is 6.10. The van der Waals surface area contributed by atoms with Gasteiger partial charge >= 0.3 is 0 Å². The summed E-state index contributed by atoms with van der Waals surface area (Å²) in [5.74, 6) is 0.630. The zero-order valence-electron chi connectivity index (χ0n) is 12.9. The van der Waals surface area contributed by atoms with E-state index in [1.165, 1.54) is 70.6 Å². The molecule has 0 spiro atoms. The number of nitrogens with one attached hydrogen (secondary N) is 1. The van der Waals surface area contributed by atoms with Gasteiger partial charge in [-0.05, 0) is 19.3 Å². The van der Waals surface area contributed by atoms with E-state index in [-0.39, 0.29) is 0 Å². The molecule has 1 rings (SSSR count). The molecule has 0 aromatic heterocycles. The van der Waals surface area contributed by atoms with Crippen LogP contribution >= 0.6 is 0 Å². The van der Waals surface area contributed by atoms with Gasteiger partial charge < -0.3 is 5.32 Å². The van der Waals surface area contributed by atoms with E-state index in [1.807, 2.05) is 0 Å². The van der Waals surface area contributed by atoms with Crippen LogP contribution in [0, 0.1) is 5.92 Å². The third-order valence-corrected chi connectivity index (χ3v) is 4.31. The number of amides is 1. The molecule has 0 bridgehead atoms. The highest BCUT2D eigenvalue weighted by Crippen LogP contribution is 2.19. The minimum atomic E-state index is 0.308. The molecule has 1 fully saturated rings. The second-order valence-electron chi connectivity index (χ2n) is 6.10. The fourth-order valence-corrected chi connectivity index (χ4v) is 2.99. The molecule has 112 valence electrons. The average molecular weight is 267 g/mol. The molecule has 0 radical (unpaired) electrons. The van der Waals surface area contributed by atoms with Crippen molar-refractivity contribution >= 4 is 5.91 Å². The van der Waals surface area contributed by atoms with Crippen LogP contribution in [0.5, 0.6) is 0 Å². The lowest BCUT2D eigenvalue weighted by atomic mass is 9.92. The molecule has 0 aromatic rings. The Hall–Kier alpha value is -0.530. The van der Waals surface area contributed by atoms with Gasteiger partial charge in [-0.1, -0.05) is 71.1 Å². The molecule has 1 amide bonds. The van der Waals surface area contributed by atoms with Gasteiger partial charge in [0.15, 0.2) is 0 Å². The molecule has 1 saturated heterocycles. The minimum Gasteiger partial charge on any atom is -0.356 e. The number of unbranched alkanes of at least 4 members (excludes halogenated alkanes) is 9. The van der Waals surface area contributed by atoms with Gasteiger partial charge in [0.1, 0.15) is 0 Å². The van der Waals surface area contributed by atoms with Crippen molar-refractivity contribution in [3.63, 3.8) is 0 Å². The average Bonchev–Trinajstić information content (AvgIpc) is 2.43. The molecule has 1 heterocycles. The Bertz CT molecular complexity index is 227. The maximum Gasteiger partial charge on any atom is 0.223 e. The molecular weight excluding hydrogens is 234 g/mol. The molecule has 0 aromatic carbocycles. The van der Waals surface area contributed by atoms with E-state index >= 15 is 0 Å². The van der Waals surface area contributed by atoms with Crippen LogP contribution in [0.15, 0.2) is 0 Å². The molecule has 1 aliphatic rings. The van der Waals surface area contributed by atoms with Crippen molar-refractivity contribution in [1.29, 1.82) is 0 Å². The molecule has 1 N–H and O–H groups in total. The molecule has 2 heteroatoms. The largest absolute Gasteiger partial charge is 0.356 e.